The van der Waals surface area contributed by atoms with Crippen LogP contribution in [0.4, 0.5) is 11.5 Å². The Bertz CT molecular complexity index is 395. The van der Waals surface area contributed by atoms with E-state index < -0.39 is 0 Å². The van der Waals surface area contributed by atoms with Gasteiger partial charge in [0.25, 0.3) is 0 Å². The molecule has 2 heterocycles. The zero-order chi connectivity index (χ0) is 7.84. The number of fused-ring (bicyclic) bond motifs is 1. The summed E-state index contributed by atoms with van der Waals surface area (Å²) in [6, 6.07) is 5.64. The molecule has 4 N–H and O–H groups in total. The SMILES string of the molecule is Cl.Nc1nn2ccccc2c1N. The van der Waals surface area contributed by atoms with Crippen LogP contribution < -0.4 is 11.5 Å². The molecule has 0 aromatic carbocycles. The highest BCUT2D eigenvalue weighted by molar-refractivity contribution is 5.85. The second-order valence-electron chi connectivity index (χ2n) is 2.33. The van der Waals surface area contributed by atoms with Crippen molar-refractivity contribution in [1.29, 1.82) is 0 Å². The van der Waals surface area contributed by atoms with Crippen LogP contribution in [0.15, 0.2) is 24.4 Å². The van der Waals surface area contributed by atoms with Gasteiger partial charge in [-0.15, -0.1) is 17.5 Å². The van der Waals surface area contributed by atoms with Crippen LogP contribution in [0.3, 0.4) is 0 Å². The molecule has 0 fully saturated rings. The Kier molecular flexibility index (Phi) is 2.10. The molecule has 12 heavy (non-hydrogen) atoms. The molecule has 5 heteroatoms. The Labute approximate surface area is 75.6 Å². The Morgan fingerprint density at radius 2 is 2.00 bits per heavy atom. The minimum absolute atomic E-state index is 0. The van der Waals surface area contributed by atoms with Gasteiger partial charge in [-0.25, -0.2) is 4.52 Å². The highest BCUT2D eigenvalue weighted by atomic mass is 35.5. The lowest BCUT2D eigenvalue weighted by Crippen LogP contribution is -1.90. The van der Waals surface area contributed by atoms with Crippen molar-refractivity contribution in [2.45, 2.75) is 0 Å². The molecular weight excluding hydrogens is 176 g/mol. The van der Waals surface area contributed by atoms with E-state index in [1.165, 1.54) is 0 Å². The van der Waals surface area contributed by atoms with Crippen molar-refractivity contribution in [3.63, 3.8) is 0 Å². The first-order valence-corrected chi connectivity index (χ1v) is 3.27. The van der Waals surface area contributed by atoms with Crippen LogP contribution in [0.2, 0.25) is 0 Å². The highest BCUT2D eigenvalue weighted by Gasteiger charge is 2.03. The third-order valence-electron chi connectivity index (χ3n) is 1.61. The lowest BCUT2D eigenvalue weighted by molar-refractivity contribution is 0.968. The minimum Gasteiger partial charge on any atom is -0.394 e. The number of nitrogens with two attached hydrogens (primary N) is 2. The number of nitrogens with zero attached hydrogens (tertiary/aromatic N) is 2. The molecule has 0 amide bonds. The smallest absolute Gasteiger partial charge is 0.169 e. The molecule has 0 aliphatic heterocycles. The summed E-state index contributed by atoms with van der Waals surface area (Å²) >= 11 is 0. The lowest BCUT2D eigenvalue weighted by Gasteiger charge is -1.89. The molecule has 0 unspecified atom stereocenters. The van der Waals surface area contributed by atoms with Gasteiger partial charge < -0.3 is 11.5 Å². The summed E-state index contributed by atoms with van der Waals surface area (Å²) in [5.74, 6) is 0.385. The Balaban J connectivity index is 0.000000720. The Hall–Kier alpha value is -1.42. The van der Waals surface area contributed by atoms with E-state index in [9.17, 15) is 0 Å². The average molecular weight is 185 g/mol. The topological polar surface area (TPSA) is 69.3 Å². The monoisotopic (exact) mass is 184 g/mol. The summed E-state index contributed by atoms with van der Waals surface area (Å²) in [7, 11) is 0. The van der Waals surface area contributed by atoms with E-state index in [0.29, 0.717) is 11.5 Å². The fourth-order valence-corrected chi connectivity index (χ4v) is 1.04. The number of anilines is 2. The van der Waals surface area contributed by atoms with Gasteiger partial charge in [-0.1, -0.05) is 6.07 Å². The molecule has 0 bridgehead atoms. The van der Waals surface area contributed by atoms with Crippen LogP contribution in [-0.2, 0) is 0 Å². The van der Waals surface area contributed by atoms with E-state index in [1.807, 2.05) is 24.4 Å². The van der Waals surface area contributed by atoms with Crippen LogP contribution in [0.25, 0.3) is 5.52 Å². The van der Waals surface area contributed by atoms with Crippen molar-refractivity contribution in [1.82, 2.24) is 9.61 Å². The normalized spacial score (nSPS) is 9.67. The second-order valence-corrected chi connectivity index (χ2v) is 2.33. The number of aromatic nitrogens is 2. The van der Waals surface area contributed by atoms with Crippen LogP contribution in [-0.4, -0.2) is 9.61 Å². The van der Waals surface area contributed by atoms with E-state index in [2.05, 4.69) is 5.10 Å². The van der Waals surface area contributed by atoms with Gasteiger partial charge in [-0.3, -0.25) is 0 Å². The lowest BCUT2D eigenvalue weighted by atomic mass is 10.3. The number of pyridine rings is 1. The summed E-state index contributed by atoms with van der Waals surface area (Å²) in [5.41, 5.74) is 12.5. The summed E-state index contributed by atoms with van der Waals surface area (Å²) in [4.78, 5) is 0. The van der Waals surface area contributed by atoms with E-state index in [0.717, 1.165) is 5.52 Å². The molecule has 2 aromatic rings. The van der Waals surface area contributed by atoms with Crippen LogP contribution >= 0.6 is 12.4 Å². The van der Waals surface area contributed by atoms with Crippen molar-refractivity contribution in [3.05, 3.63) is 24.4 Å². The van der Waals surface area contributed by atoms with Crippen molar-refractivity contribution in [2.24, 2.45) is 0 Å². The van der Waals surface area contributed by atoms with Crippen molar-refractivity contribution < 1.29 is 0 Å². The number of hydrogen-bond donors (Lipinski definition) is 2. The van der Waals surface area contributed by atoms with Crippen LogP contribution in [0.1, 0.15) is 0 Å². The van der Waals surface area contributed by atoms with E-state index >= 15 is 0 Å². The number of rotatable bonds is 0. The molecule has 4 nitrogen and oxygen atoms in total. The maximum absolute atomic E-state index is 5.63. The van der Waals surface area contributed by atoms with Gasteiger partial charge in [0.15, 0.2) is 5.82 Å². The van der Waals surface area contributed by atoms with Crippen LogP contribution in [0, 0.1) is 0 Å². The summed E-state index contributed by atoms with van der Waals surface area (Å²) < 4.78 is 1.66. The number of hydrogen-bond acceptors (Lipinski definition) is 3. The Morgan fingerprint density at radius 3 is 2.67 bits per heavy atom. The predicted octanol–water partition coefficient (Wildman–Crippen LogP) is 0.921. The molecule has 64 valence electrons. The maximum Gasteiger partial charge on any atom is 0.169 e. The summed E-state index contributed by atoms with van der Waals surface area (Å²) in [5, 5.41) is 3.98. The Morgan fingerprint density at radius 1 is 1.25 bits per heavy atom. The van der Waals surface area contributed by atoms with Gasteiger partial charge in [-0.05, 0) is 12.1 Å². The fraction of sp³-hybridized carbons (Fsp3) is 0. The van der Waals surface area contributed by atoms with E-state index in [-0.39, 0.29) is 12.4 Å². The van der Waals surface area contributed by atoms with Crippen molar-refractivity contribution >= 4 is 29.4 Å². The van der Waals surface area contributed by atoms with E-state index in [1.54, 1.807) is 4.52 Å². The number of halogens is 1. The standard InChI is InChI=1S/C7H8N4.ClH/c8-6-5-3-1-2-4-11(5)10-7(6)9;/h1-4H,8H2,(H2,9,10);1H. The largest absolute Gasteiger partial charge is 0.394 e. The highest BCUT2D eigenvalue weighted by Crippen LogP contribution is 2.18. The van der Waals surface area contributed by atoms with Crippen molar-refractivity contribution in [3.8, 4) is 0 Å². The van der Waals surface area contributed by atoms with Gasteiger partial charge in [-0.2, -0.15) is 0 Å². The third-order valence-corrected chi connectivity index (χ3v) is 1.61. The quantitative estimate of drug-likeness (QED) is 0.640. The predicted molar refractivity (Wildman–Crippen MR) is 51.3 cm³/mol. The van der Waals surface area contributed by atoms with Gasteiger partial charge in [0.2, 0.25) is 0 Å². The first-order valence-electron chi connectivity index (χ1n) is 3.27. The van der Waals surface area contributed by atoms with Gasteiger partial charge >= 0.3 is 0 Å². The minimum atomic E-state index is 0. The van der Waals surface area contributed by atoms with Gasteiger partial charge in [0.1, 0.15) is 5.69 Å². The van der Waals surface area contributed by atoms with Gasteiger partial charge in [0.05, 0.1) is 5.52 Å². The van der Waals surface area contributed by atoms with Crippen molar-refractivity contribution in [2.75, 3.05) is 11.5 Å². The molecule has 0 atom stereocenters. The fourth-order valence-electron chi connectivity index (χ4n) is 1.04. The van der Waals surface area contributed by atoms with Crippen LogP contribution in [0.5, 0.6) is 0 Å². The van der Waals surface area contributed by atoms with E-state index in [4.69, 9.17) is 11.5 Å². The molecule has 2 rings (SSSR count). The third kappa shape index (κ3) is 1.06. The molecule has 0 saturated carbocycles. The molecule has 0 spiro atoms. The first kappa shape index (κ1) is 8.67. The second kappa shape index (κ2) is 2.91. The first-order chi connectivity index (χ1) is 5.29. The maximum atomic E-state index is 5.63. The molecule has 2 aromatic heterocycles. The molecule has 0 aliphatic rings. The average Bonchev–Trinajstić information content (AvgIpc) is 2.30. The number of nitrogen functional groups attached to an aromatic ring is 2. The van der Waals surface area contributed by atoms with Gasteiger partial charge in [0, 0.05) is 6.20 Å². The molecule has 0 aliphatic carbocycles. The summed E-state index contributed by atoms with van der Waals surface area (Å²) in [6.07, 6.45) is 1.81. The zero-order valence-corrected chi connectivity index (χ0v) is 7.08. The molecular formula is C7H9ClN4. The zero-order valence-electron chi connectivity index (χ0n) is 6.27. The molecule has 0 saturated heterocycles. The summed E-state index contributed by atoms with van der Waals surface area (Å²) in [6.45, 7) is 0. The molecule has 0 radical (unpaired) electrons.